The van der Waals surface area contributed by atoms with E-state index in [4.69, 9.17) is 33.2 Å². The topological polar surface area (TPSA) is 221 Å². The van der Waals surface area contributed by atoms with Crippen LogP contribution < -0.4 is 21.3 Å². The molecule has 0 aliphatic carbocycles. The van der Waals surface area contributed by atoms with Gasteiger partial charge in [-0.25, -0.2) is 0 Å². The third-order valence-electron chi connectivity index (χ3n) is 13.0. The second-order valence-corrected chi connectivity index (χ2v) is 18.4. The summed E-state index contributed by atoms with van der Waals surface area (Å²) < 4.78 is 40.2. The average molecular weight is 956 g/mol. The van der Waals surface area contributed by atoms with Crippen LogP contribution in [0.3, 0.4) is 0 Å². The number of hydrogen-bond donors (Lipinski definition) is 6. The van der Waals surface area contributed by atoms with Crippen LogP contribution in [0.2, 0.25) is 6.32 Å². The fourth-order valence-electron chi connectivity index (χ4n) is 8.68. The average Bonchev–Trinajstić information content (AvgIpc) is 3.32. The van der Waals surface area contributed by atoms with Crippen LogP contribution in [-0.2, 0) is 52.3 Å². The SMILES string of the molecule is CCCCCCCCCCCCNC(=O)C[B][C@H](NC(=O)CCC(=O)NCC1O[C@H](O[C@@H]2C(COC)O[C@H](OC)C(OC)[C@H]2O)C(OC)[C@@H](O)[C@@H]1C)C(=O)NCCCCCCCCCCCC. The first kappa shape index (κ1) is 60.7. The molecule has 2 aliphatic heterocycles. The highest BCUT2D eigenvalue weighted by Crippen LogP contribution is 2.33. The number of aliphatic hydroxyl groups excluding tert-OH is 2. The number of hydrogen-bond acceptors (Lipinski definition) is 13. The van der Waals surface area contributed by atoms with Gasteiger partial charge in [-0.1, -0.05) is 136 Å². The third-order valence-corrected chi connectivity index (χ3v) is 13.0. The molecule has 0 spiro atoms. The lowest BCUT2D eigenvalue weighted by atomic mass is 9.65. The van der Waals surface area contributed by atoms with Crippen LogP contribution >= 0.6 is 0 Å². The van der Waals surface area contributed by atoms with Crippen molar-refractivity contribution in [1.29, 1.82) is 0 Å². The molecule has 0 saturated carbocycles. The van der Waals surface area contributed by atoms with Crippen molar-refractivity contribution in [2.75, 3.05) is 54.7 Å². The number of rotatable bonds is 39. The summed E-state index contributed by atoms with van der Waals surface area (Å²) in [7, 11) is 7.25. The van der Waals surface area contributed by atoms with E-state index in [1.165, 1.54) is 126 Å². The molecule has 2 fully saturated rings. The first-order chi connectivity index (χ1) is 32.4. The van der Waals surface area contributed by atoms with E-state index in [0.717, 1.165) is 38.5 Å². The summed E-state index contributed by atoms with van der Waals surface area (Å²) in [5.41, 5.74) is 0. The predicted octanol–water partition coefficient (Wildman–Crippen LogP) is 5.04. The minimum atomic E-state index is -1.23. The van der Waals surface area contributed by atoms with Gasteiger partial charge in [-0.3, -0.25) is 19.2 Å². The Balaban J connectivity index is 1.91. The van der Waals surface area contributed by atoms with Crippen molar-refractivity contribution < 1.29 is 62.5 Å². The lowest BCUT2D eigenvalue weighted by Crippen LogP contribution is -2.64. The quantitative estimate of drug-likeness (QED) is 0.0352. The second kappa shape index (κ2) is 37.4. The Morgan fingerprint density at radius 2 is 1.06 bits per heavy atom. The third kappa shape index (κ3) is 24.3. The smallest absolute Gasteiger partial charge is 0.233 e. The van der Waals surface area contributed by atoms with Gasteiger partial charge >= 0.3 is 0 Å². The molecule has 67 heavy (non-hydrogen) atoms. The van der Waals surface area contributed by atoms with Crippen LogP contribution in [0.1, 0.15) is 162 Å². The van der Waals surface area contributed by atoms with E-state index in [0.29, 0.717) is 13.1 Å². The molecule has 0 aromatic heterocycles. The molecule has 0 aromatic rings. The largest absolute Gasteiger partial charge is 0.390 e. The first-order valence-corrected chi connectivity index (χ1v) is 25.8. The first-order valence-electron chi connectivity index (χ1n) is 25.8. The highest BCUT2D eigenvalue weighted by Gasteiger charge is 2.51. The van der Waals surface area contributed by atoms with Crippen molar-refractivity contribution in [3.8, 4) is 0 Å². The molecule has 4 unspecified atom stereocenters. The molecule has 2 aliphatic rings. The lowest BCUT2D eigenvalue weighted by Gasteiger charge is -2.47. The summed E-state index contributed by atoms with van der Waals surface area (Å²) in [6.07, 6.45) is 14.5. The fraction of sp³-hybridized carbons (Fsp3) is 0.918. The van der Waals surface area contributed by atoms with Gasteiger partial charge in [0, 0.05) is 73.2 Å². The van der Waals surface area contributed by atoms with Crippen molar-refractivity contribution >= 4 is 30.9 Å². The zero-order valence-electron chi connectivity index (χ0n) is 42.4. The maximum Gasteiger partial charge on any atom is 0.233 e. The summed E-state index contributed by atoms with van der Waals surface area (Å²) >= 11 is 0. The van der Waals surface area contributed by atoms with Crippen LogP contribution in [-0.4, -0.2) is 157 Å². The van der Waals surface area contributed by atoms with Crippen molar-refractivity contribution in [1.82, 2.24) is 21.3 Å². The molecule has 0 bridgehead atoms. The minimum absolute atomic E-state index is 0.0291. The molecule has 389 valence electrons. The number of unbranched alkanes of at least 4 members (excludes halogenated alkanes) is 18. The predicted molar refractivity (Wildman–Crippen MR) is 258 cm³/mol. The van der Waals surface area contributed by atoms with Crippen LogP contribution in [0.5, 0.6) is 0 Å². The maximum absolute atomic E-state index is 13.3. The van der Waals surface area contributed by atoms with Crippen molar-refractivity contribution in [3.63, 3.8) is 0 Å². The van der Waals surface area contributed by atoms with Gasteiger partial charge in [-0.05, 0) is 12.8 Å². The van der Waals surface area contributed by atoms with E-state index in [2.05, 4.69) is 35.1 Å². The van der Waals surface area contributed by atoms with E-state index in [-0.39, 0.29) is 38.2 Å². The Morgan fingerprint density at radius 3 is 1.58 bits per heavy atom. The number of amides is 4. The molecular formula is C49H92BN4O13. The van der Waals surface area contributed by atoms with E-state index < -0.39 is 84.9 Å². The molecule has 0 aromatic carbocycles. The van der Waals surface area contributed by atoms with E-state index in [1.54, 1.807) is 6.92 Å². The Kier molecular flexibility index (Phi) is 33.9. The van der Waals surface area contributed by atoms with Gasteiger partial charge in [0.2, 0.25) is 23.6 Å². The Morgan fingerprint density at radius 1 is 0.567 bits per heavy atom. The second-order valence-electron chi connectivity index (χ2n) is 18.4. The van der Waals surface area contributed by atoms with Crippen LogP contribution in [0.4, 0.5) is 0 Å². The summed E-state index contributed by atoms with van der Waals surface area (Å²) in [4.78, 5) is 52.4. The number of methoxy groups -OCH3 is 4. The number of ether oxygens (including phenoxy) is 7. The summed E-state index contributed by atoms with van der Waals surface area (Å²) in [5.74, 6) is -3.16. The molecule has 1 radical (unpaired) electrons. The van der Waals surface area contributed by atoms with Crippen molar-refractivity contribution in [3.05, 3.63) is 0 Å². The molecule has 4 amide bonds. The zero-order valence-corrected chi connectivity index (χ0v) is 42.4. The van der Waals surface area contributed by atoms with Gasteiger partial charge < -0.3 is 64.6 Å². The van der Waals surface area contributed by atoms with Crippen molar-refractivity contribution in [2.24, 2.45) is 5.92 Å². The van der Waals surface area contributed by atoms with Crippen LogP contribution in [0, 0.1) is 5.92 Å². The highest BCUT2D eigenvalue weighted by atomic mass is 16.7. The standard InChI is InChI=1S/C49H92BN4O13/c1-8-10-12-14-16-18-20-22-24-26-30-51-40(57)32-50-46(47(60)52-31-27-25-23-21-19-17-15-13-11-9-2)54-39(56)29-28-38(55)53-33-36-35(3)41(58)44(62-5)49(65-36)67-43-37(34-61-4)66-48(64-7)45(63-6)42(43)59/h35-37,41-46,48-49,58-59H,8-34H2,1-7H3,(H,51,57)(H,52,60)(H,53,55)(H,54,56)/t35-,36?,37?,41+,42+,43-,44?,45?,46-,48+,49-/m1/s1. The molecule has 2 saturated heterocycles. The number of carbonyl (C=O) groups is 4. The normalized spacial score (nSPS) is 25.6. The zero-order chi connectivity index (χ0) is 49.2. The van der Waals surface area contributed by atoms with Gasteiger partial charge in [0.1, 0.15) is 30.5 Å². The summed E-state index contributed by atoms with van der Waals surface area (Å²) in [6.45, 7) is 7.24. The number of aliphatic hydroxyl groups is 2. The summed E-state index contributed by atoms with van der Waals surface area (Å²) in [5, 5.41) is 33.9. The van der Waals surface area contributed by atoms with Crippen LogP contribution in [0.25, 0.3) is 0 Å². The monoisotopic (exact) mass is 956 g/mol. The Hall–Kier alpha value is -2.42. The lowest BCUT2D eigenvalue weighted by molar-refractivity contribution is -0.355. The van der Waals surface area contributed by atoms with Gasteiger partial charge in [0.25, 0.3) is 0 Å². The van der Waals surface area contributed by atoms with Gasteiger partial charge in [-0.15, -0.1) is 0 Å². The Bertz CT molecular complexity index is 1320. The number of nitrogens with one attached hydrogen (secondary N) is 4. The molecule has 18 heteroatoms. The molecule has 6 N–H and O–H groups in total. The maximum atomic E-state index is 13.3. The van der Waals surface area contributed by atoms with Crippen molar-refractivity contribution in [2.45, 2.75) is 230 Å². The number of carbonyl (C=O) groups excluding carboxylic acids is 4. The van der Waals surface area contributed by atoms with E-state index in [1.807, 2.05) is 0 Å². The minimum Gasteiger partial charge on any atom is -0.390 e. The summed E-state index contributed by atoms with van der Waals surface area (Å²) in [6, 6.07) is 0. The molecule has 2 heterocycles. The molecule has 11 atom stereocenters. The molecule has 17 nitrogen and oxygen atoms in total. The fourth-order valence-corrected chi connectivity index (χ4v) is 8.68. The Labute approximate surface area is 403 Å². The van der Waals surface area contributed by atoms with E-state index in [9.17, 15) is 29.4 Å². The highest BCUT2D eigenvalue weighted by molar-refractivity contribution is 6.49. The van der Waals surface area contributed by atoms with Gasteiger partial charge in [-0.2, -0.15) is 0 Å². The molecular weight excluding hydrogens is 863 g/mol. The van der Waals surface area contributed by atoms with E-state index >= 15 is 0 Å². The molecule has 2 rings (SSSR count). The van der Waals surface area contributed by atoms with Gasteiger partial charge in [0.15, 0.2) is 19.9 Å². The van der Waals surface area contributed by atoms with Gasteiger partial charge in [0.05, 0.1) is 24.8 Å². The van der Waals surface area contributed by atoms with Crippen LogP contribution in [0.15, 0.2) is 0 Å².